The van der Waals surface area contributed by atoms with E-state index in [9.17, 15) is 14.3 Å². The molecule has 1 atom stereocenters. The van der Waals surface area contributed by atoms with Crippen molar-refractivity contribution >= 4 is 34.6 Å². The van der Waals surface area contributed by atoms with Crippen LogP contribution >= 0.6 is 11.6 Å². The predicted octanol–water partition coefficient (Wildman–Crippen LogP) is 7.99. The van der Waals surface area contributed by atoms with Crippen molar-refractivity contribution in [2.75, 3.05) is 16.8 Å². The summed E-state index contributed by atoms with van der Waals surface area (Å²) in [4.78, 5) is 13.9. The molecular weight excluding hydrogens is 439 g/mol. The zero-order chi connectivity index (χ0) is 24.0. The molecule has 1 aliphatic carbocycles. The lowest BCUT2D eigenvalue weighted by molar-refractivity contribution is -0.137. The minimum atomic E-state index is -0.802. The van der Waals surface area contributed by atoms with Gasteiger partial charge in [0.1, 0.15) is 5.82 Å². The predicted molar refractivity (Wildman–Crippen MR) is 135 cm³/mol. The van der Waals surface area contributed by atoms with E-state index in [1.165, 1.54) is 38.2 Å². The third-order valence-corrected chi connectivity index (χ3v) is 6.80. The number of rotatable bonds is 10. The molecule has 33 heavy (non-hydrogen) atoms. The Morgan fingerprint density at radius 2 is 1.91 bits per heavy atom. The molecule has 0 heterocycles. The minimum Gasteiger partial charge on any atom is -0.481 e. The Morgan fingerprint density at radius 1 is 1.18 bits per heavy atom. The van der Waals surface area contributed by atoms with Crippen LogP contribution in [-0.4, -0.2) is 23.7 Å². The molecule has 0 aromatic heterocycles. The van der Waals surface area contributed by atoms with E-state index < -0.39 is 11.8 Å². The van der Waals surface area contributed by atoms with Crippen LogP contribution in [0.5, 0.6) is 0 Å². The molecule has 0 radical (unpaired) electrons. The number of nitrogens with zero attached hydrogens (tertiary/aromatic N) is 1. The summed E-state index contributed by atoms with van der Waals surface area (Å²) in [6.07, 6.45) is 6.91. The Labute approximate surface area is 202 Å². The lowest BCUT2D eigenvalue weighted by atomic mass is 9.90. The Kier molecular flexibility index (Phi) is 9.02. The summed E-state index contributed by atoms with van der Waals surface area (Å²) in [5.74, 6) is -0.859. The monoisotopic (exact) mass is 474 g/mol. The topological polar surface area (TPSA) is 52.6 Å². The van der Waals surface area contributed by atoms with Crippen molar-refractivity contribution in [3.8, 4) is 0 Å². The molecule has 1 fully saturated rings. The quantitative estimate of drug-likeness (QED) is 0.366. The van der Waals surface area contributed by atoms with E-state index in [4.69, 9.17) is 11.6 Å². The molecule has 1 aliphatic rings. The molecule has 6 heteroatoms. The van der Waals surface area contributed by atoms with Gasteiger partial charge in [0.25, 0.3) is 0 Å². The van der Waals surface area contributed by atoms with Gasteiger partial charge < -0.3 is 15.3 Å². The van der Waals surface area contributed by atoms with E-state index >= 15 is 0 Å². The zero-order valence-electron chi connectivity index (χ0n) is 19.9. The van der Waals surface area contributed by atoms with Gasteiger partial charge in [-0.25, -0.2) is 4.39 Å². The van der Waals surface area contributed by atoms with E-state index in [1.807, 2.05) is 6.92 Å². The minimum absolute atomic E-state index is 0.0766. The summed E-state index contributed by atoms with van der Waals surface area (Å²) in [6.45, 7) is 7.40. The third-order valence-electron chi connectivity index (χ3n) is 6.49. The highest BCUT2D eigenvalue weighted by Crippen LogP contribution is 2.38. The van der Waals surface area contributed by atoms with E-state index in [0.717, 1.165) is 29.9 Å². The van der Waals surface area contributed by atoms with E-state index in [-0.39, 0.29) is 17.4 Å². The molecule has 1 unspecified atom stereocenters. The second kappa shape index (κ2) is 11.7. The molecule has 0 spiro atoms. The van der Waals surface area contributed by atoms with Crippen molar-refractivity contribution in [2.24, 2.45) is 5.92 Å². The van der Waals surface area contributed by atoms with E-state index in [2.05, 4.69) is 42.3 Å². The van der Waals surface area contributed by atoms with Crippen LogP contribution in [0.1, 0.15) is 77.2 Å². The summed E-state index contributed by atoms with van der Waals surface area (Å²) in [5, 5.41) is 12.9. The summed E-state index contributed by atoms with van der Waals surface area (Å²) < 4.78 is 14.2. The van der Waals surface area contributed by atoms with Crippen LogP contribution in [0, 0.1) is 11.7 Å². The molecule has 2 N–H and O–H groups in total. The van der Waals surface area contributed by atoms with Gasteiger partial charge in [0, 0.05) is 18.3 Å². The lowest BCUT2D eigenvalue weighted by Crippen LogP contribution is -2.39. The van der Waals surface area contributed by atoms with Gasteiger partial charge in [0.2, 0.25) is 0 Å². The first-order chi connectivity index (χ1) is 15.8. The van der Waals surface area contributed by atoms with Crippen LogP contribution in [0.25, 0.3) is 0 Å². The van der Waals surface area contributed by atoms with Crippen LogP contribution in [-0.2, 0) is 4.79 Å². The Morgan fingerprint density at radius 3 is 2.52 bits per heavy atom. The molecular formula is C27H36ClFN2O2. The highest BCUT2D eigenvalue weighted by molar-refractivity contribution is 6.30. The fraction of sp³-hybridized carbons (Fsp3) is 0.519. The second-order valence-electron chi connectivity index (χ2n) is 9.57. The van der Waals surface area contributed by atoms with Gasteiger partial charge >= 0.3 is 5.97 Å². The molecule has 2 aromatic rings. The standard InChI is InChI=1S/C27H36ClFN2O2/c1-4-19(15-27(32)33)20-10-13-26(31(17-18(2)3)22-8-6-5-7-9-22)25(14-20)30-21-11-12-23(28)24(29)16-21/h10-14,16,18-19,22,30H,4-9,15,17H2,1-3H3,(H,32,33). The molecule has 0 aliphatic heterocycles. The average Bonchev–Trinajstić information content (AvgIpc) is 2.79. The van der Waals surface area contributed by atoms with Crippen molar-refractivity contribution in [3.05, 3.63) is 52.8 Å². The van der Waals surface area contributed by atoms with Gasteiger partial charge in [-0.1, -0.05) is 57.7 Å². The number of carboxylic acids is 1. The summed E-state index contributed by atoms with van der Waals surface area (Å²) in [6, 6.07) is 11.4. The maximum atomic E-state index is 14.2. The van der Waals surface area contributed by atoms with Crippen molar-refractivity contribution in [3.63, 3.8) is 0 Å². The zero-order valence-corrected chi connectivity index (χ0v) is 20.7. The number of benzene rings is 2. The molecule has 4 nitrogen and oxygen atoms in total. The molecule has 3 rings (SSSR count). The number of nitrogens with one attached hydrogen (secondary N) is 1. The van der Waals surface area contributed by atoms with Crippen LogP contribution in [0.3, 0.4) is 0 Å². The van der Waals surface area contributed by atoms with Crippen molar-refractivity contribution in [2.45, 2.75) is 77.7 Å². The summed E-state index contributed by atoms with van der Waals surface area (Å²) in [7, 11) is 0. The Hall–Kier alpha value is -2.27. The molecule has 0 amide bonds. The highest BCUT2D eigenvalue weighted by atomic mass is 35.5. The maximum absolute atomic E-state index is 14.2. The highest BCUT2D eigenvalue weighted by Gasteiger charge is 2.25. The fourth-order valence-corrected chi connectivity index (χ4v) is 4.94. The van der Waals surface area contributed by atoms with Crippen molar-refractivity contribution in [1.29, 1.82) is 0 Å². The third kappa shape index (κ3) is 6.86. The Balaban J connectivity index is 2.05. The van der Waals surface area contributed by atoms with Crippen LogP contribution < -0.4 is 10.2 Å². The molecule has 0 bridgehead atoms. The first kappa shape index (κ1) is 25.4. The number of hydrogen-bond acceptors (Lipinski definition) is 3. The number of aliphatic carboxylic acids is 1. The number of halogens is 2. The van der Waals surface area contributed by atoms with Gasteiger partial charge in [0.15, 0.2) is 0 Å². The average molecular weight is 475 g/mol. The fourth-order valence-electron chi connectivity index (χ4n) is 4.83. The van der Waals surface area contributed by atoms with E-state index in [0.29, 0.717) is 17.6 Å². The number of carbonyl (C=O) groups is 1. The Bertz CT molecular complexity index is 944. The normalized spacial score (nSPS) is 15.5. The van der Waals surface area contributed by atoms with Gasteiger partial charge in [0.05, 0.1) is 22.8 Å². The summed E-state index contributed by atoms with van der Waals surface area (Å²) in [5.41, 5.74) is 3.56. The smallest absolute Gasteiger partial charge is 0.303 e. The molecule has 180 valence electrons. The maximum Gasteiger partial charge on any atom is 0.303 e. The first-order valence-corrected chi connectivity index (χ1v) is 12.5. The van der Waals surface area contributed by atoms with Gasteiger partial charge in [-0.15, -0.1) is 0 Å². The van der Waals surface area contributed by atoms with Crippen LogP contribution in [0.15, 0.2) is 36.4 Å². The molecule has 2 aromatic carbocycles. The van der Waals surface area contributed by atoms with Crippen molar-refractivity contribution < 1.29 is 14.3 Å². The lowest BCUT2D eigenvalue weighted by Gasteiger charge is -2.38. The number of anilines is 3. The van der Waals surface area contributed by atoms with Gasteiger partial charge in [-0.2, -0.15) is 0 Å². The first-order valence-electron chi connectivity index (χ1n) is 12.1. The number of carboxylic acid groups (broad SMARTS) is 1. The van der Waals surface area contributed by atoms with Gasteiger partial charge in [-0.05, 0) is 67.0 Å². The summed E-state index contributed by atoms with van der Waals surface area (Å²) >= 11 is 5.89. The van der Waals surface area contributed by atoms with Gasteiger partial charge in [-0.3, -0.25) is 4.79 Å². The largest absolute Gasteiger partial charge is 0.481 e. The van der Waals surface area contributed by atoms with E-state index in [1.54, 1.807) is 12.1 Å². The van der Waals surface area contributed by atoms with Crippen LogP contribution in [0.4, 0.5) is 21.5 Å². The second-order valence-corrected chi connectivity index (χ2v) is 9.98. The SMILES string of the molecule is CCC(CC(=O)O)c1ccc(N(CC(C)C)C2CCCCC2)c(Nc2ccc(Cl)c(F)c2)c1. The molecule has 0 saturated heterocycles. The van der Waals surface area contributed by atoms with Crippen LogP contribution in [0.2, 0.25) is 5.02 Å². The van der Waals surface area contributed by atoms with Crippen molar-refractivity contribution in [1.82, 2.24) is 0 Å². The molecule has 1 saturated carbocycles. The number of hydrogen-bond donors (Lipinski definition) is 2.